The zero-order valence-electron chi connectivity index (χ0n) is 9.71. The molecule has 2 N–H and O–H groups in total. The highest BCUT2D eigenvalue weighted by Gasteiger charge is 2.24. The van der Waals surface area contributed by atoms with Gasteiger partial charge in [0.15, 0.2) is 0 Å². The Bertz CT molecular complexity index is 399. The van der Waals surface area contributed by atoms with Crippen molar-refractivity contribution in [3.05, 3.63) is 23.5 Å². The average molecular weight is 219 g/mol. The maximum atomic E-state index is 11.9. The van der Waals surface area contributed by atoms with Gasteiger partial charge < -0.3 is 10.6 Å². The van der Waals surface area contributed by atoms with E-state index < -0.39 is 0 Å². The number of anilines is 1. The summed E-state index contributed by atoms with van der Waals surface area (Å²) < 4.78 is 0. The number of nitrogens with one attached hydrogen (secondary N) is 2. The third-order valence-electron chi connectivity index (χ3n) is 2.57. The second kappa shape index (κ2) is 4.51. The van der Waals surface area contributed by atoms with E-state index in [-0.39, 0.29) is 5.91 Å². The highest BCUT2D eigenvalue weighted by atomic mass is 16.1. The van der Waals surface area contributed by atoms with Crippen molar-refractivity contribution in [3.8, 4) is 0 Å². The third-order valence-corrected chi connectivity index (χ3v) is 2.57. The molecule has 0 aliphatic heterocycles. The maximum Gasteiger partial charge on any atom is 0.255 e. The Kier molecular flexibility index (Phi) is 3.08. The van der Waals surface area contributed by atoms with E-state index in [1.165, 1.54) is 0 Å². The number of pyridine rings is 1. The second-order valence-corrected chi connectivity index (χ2v) is 4.15. The van der Waals surface area contributed by atoms with Crippen molar-refractivity contribution in [3.63, 3.8) is 0 Å². The molecule has 1 aromatic heterocycles. The van der Waals surface area contributed by atoms with Crippen molar-refractivity contribution in [1.82, 2.24) is 10.3 Å². The standard InChI is InChI=1S/C12H17N3O/c1-3-13-11-6-8(2)14-7-10(11)12(16)15-9-4-5-9/h6-7,9H,3-5H2,1-2H3,(H,13,14)(H,15,16). The van der Waals surface area contributed by atoms with Crippen LogP contribution in [-0.2, 0) is 0 Å². The molecule has 0 atom stereocenters. The van der Waals surface area contributed by atoms with Crippen LogP contribution in [0.15, 0.2) is 12.3 Å². The number of carbonyl (C=O) groups excluding carboxylic acids is 1. The van der Waals surface area contributed by atoms with Crippen LogP contribution in [-0.4, -0.2) is 23.5 Å². The lowest BCUT2D eigenvalue weighted by Crippen LogP contribution is -2.26. The van der Waals surface area contributed by atoms with E-state index in [2.05, 4.69) is 15.6 Å². The molecule has 0 saturated heterocycles. The molecule has 1 saturated carbocycles. The third kappa shape index (κ3) is 2.51. The molecule has 1 fully saturated rings. The molecular weight excluding hydrogens is 202 g/mol. The van der Waals surface area contributed by atoms with Crippen molar-refractivity contribution >= 4 is 11.6 Å². The Morgan fingerprint density at radius 2 is 2.31 bits per heavy atom. The molecule has 1 amide bonds. The fourth-order valence-electron chi connectivity index (χ4n) is 1.57. The van der Waals surface area contributed by atoms with Gasteiger partial charge in [0.25, 0.3) is 5.91 Å². The Hall–Kier alpha value is -1.58. The number of aryl methyl sites for hydroxylation is 1. The van der Waals surface area contributed by atoms with Crippen molar-refractivity contribution in [2.24, 2.45) is 0 Å². The highest BCUT2D eigenvalue weighted by Crippen LogP contribution is 2.21. The van der Waals surface area contributed by atoms with Gasteiger partial charge in [0.2, 0.25) is 0 Å². The van der Waals surface area contributed by atoms with Crippen LogP contribution in [0.1, 0.15) is 35.8 Å². The minimum Gasteiger partial charge on any atom is -0.385 e. The summed E-state index contributed by atoms with van der Waals surface area (Å²) >= 11 is 0. The smallest absolute Gasteiger partial charge is 0.255 e. The number of hydrogen-bond donors (Lipinski definition) is 2. The van der Waals surface area contributed by atoms with E-state index >= 15 is 0 Å². The predicted molar refractivity (Wildman–Crippen MR) is 63.6 cm³/mol. The minimum absolute atomic E-state index is 0.0223. The fraction of sp³-hybridized carbons (Fsp3) is 0.500. The van der Waals surface area contributed by atoms with Crippen LogP contribution in [0, 0.1) is 6.92 Å². The zero-order chi connectivity index (χ0) is 11.5. The van der Waals surface area contributed by atoms with Gasteiger partial charge in [0.05, 0.1) is 11.3 Å². The summed E-state index contributed by atoms with van der Waals surface area (Å²) in [6, 6.07) is 2.29. The molecule has 0 bridgehead atoms. The maximum absolute atomic E-state index is 11.9. The number of nitrogens with zero attached hydrogens (tertiary/aromatic N) is 1. The molecule has 0 unspecified atom stereocenters. The van der Waals surface area contributed by atoms with Gasteiger partial charge in [-0.25, -0.2) is 0 Å². The average Bonchev–Trinajstić information content (AvgIpc) is 3.02. The van der Waals surface area contributed by atoms with Crippen LogP contribution in [0.3, 0.4) is 0 Å². The molecular formula is C12H17N3O. The molecule has 2 rings (SSSR count). The molecule has 4 nitrogen and oxygen atoms in total. The summed E-state index contributed by atoms with van der Waals surface area (Å²) in [4.78, 5) is 16.1. The predicted octanol–water partition coefficient (Wildman–Crippen LogP) is 1.71. The summed E-state index contributed by atoms with van der Waals surface area (Å²) in [6.07, 6.45) is 3.84. The first-order chi connectivity index (χ1) is 7.70. The molecule has 1 aromatic rings. The Morgan fingerprint density at radius 3 is 2.94 bits per heavy atom. The zero-order valence-corrected chi connectivity index (χ0v) is 9.71. The van der Waals surface area contributed by atoms with Crippen LogP contribution in [0.2, 0.25) is 0 Å². The van der Waals surface area contributed by atoms with E-state index in [0.29, 0.717) is 11.6 Å². The van der Waals surface area contributed by atoms with Crippen molar-refractivity contribution in [2.45, 2.75) is 32.7 Å². The van der Waals surface area contributed by atoms with Gasteiger partial charge in [-0.1, -0.05) is 0 Å². The highest BCUT2D eigenvalue weighted by molar-refractivity contribution is 5.99. The van der Waals surface area contributed by atoms with Gasteiger partial charge in [-0.05, 0) is 32.8 Å². The molecule has 1 heterocycles. The molecule has 4 heteroatoms. The van der Waals surface area contributed by atoms with Gasteiger partial charge in [0, 0.05) is 24.5 Å². The fourth-order valence-corrected chi connectivity index (χ4v) is 1.57. The van der Waals surface area contributed by atoms with Gasteiger partial charge in [-0.3, -0.25) is 9.78 Å². The topological polar surface area (TPSA) is 54.0 Å². The summed E-state index contributed by atoms with van der Waals surface area (Å²) in [7, 11) is 0. The Balaban J connectivity index is 2.19. The van der Waals surface area contributed by atoms with Crippen LogP contribution >= 0.6 is 0 Å². The first kappa shape index (κ1) is 10.9. The number of amides is 1. The largest absolute Gasteiger partial charge is 0.385 e. The van der Waals surface area contributed by atoms with Crippen molar-refractivity contribution < 1.29 is 4.79 Å². The van der Waals surface area contributed by atoms with Gasteiger partial charge in [0.1, 0.15) is 0 Å². The number of carbonyl (C=O) groups is 1. The summed E-state index contributed by atoms with van der Waals surface area (Å²) in [5.41, 5.74) is 2.42. The molecule has 16 heavy (non-hydrogen) atoms. The Morgan fingerprint density at radius 1 is 1.56 bits per heavy atom. The van der Waals surface area contributed by atoms with E-state index in [0.717, 1.165) is 30.8 Å². The van der Waals surface area contributed by atoms with Crippen molar-refractivity contribution in [2.75, 3.05) is 11.9 Å². The Labute approximate surface area is 95.5 Å². The van der Waals surface area contributed by atoms with Gasteiger partial charge in [-0.15, -0.1) is 0 Å². The van der Waals surface area contributed by atoms with Gasteiger partial charge in [-0.2, -0.15) is 0 Å². The first-order valence-corrected chi connectivity index (χ1v) is 5.72. The van der Waals surface area contributed by atoms with Crippen molar-refractivity contribution in [1.29, 1.82) is 0 Å². The molecule has 0 aromatic carbocycles. The lowest BCUT2D eigenvalue weighted by atomic mass is 10.2. The van der Waals surface area contributed by atoms with E-state index in [1.807, 2.05) is 19.9 Å². The molecule has 1 aliphatic rings. The molecule has 86 valence electrons. The molecule has 0 radical (unpaired) electrons. The number of aromatic nitrogens is 1. The number of rotatable bonds is 4. The van der Waals surface area contributed by atoms with E-state index in [1.54, 1.807) is 6.20 Å². The quantitative estimate of drug-likeness (QED) is 0.810. The minimum atomic E-state index is -0.0223. The molecule has 1 aliphatic carbocycles. The van der Waals surface area contributed by atoms with Gasteiger partial charge >= 0.3 is 0 Å². The van der Waals surface area contributed by atoms with E-state index in [9.17, 15) is 4.79 Å². The normalized spacial score (nSPS) is 14.6. The SMILES string of the molecule is CCNc1cc(C)ncc1C(=O)NC1CC1. The first-order valence-electron chi connectivity index (χ1n) is 5.72. The summed E-state index contributed by atoms with van der Waals surface area (Å²) in [5, 5.41) is 6.16. The van der Waals surface area contributed by atoms with Crippen LogP contribution in [0.5, 0.6) is 0 Å². The van der Waals surface area contributed by atoms with Crippen LogP contribution < -0.4 is 10.6 Å². The molecule has 0 spiro atoms. The lowest BCUT2D eigenvalue weighted by Gasteiger charge is -2.10. The van der Waals surface area contributed by atoms with Crippen LogP contribution in [0.25, 0.3) is 0 Å². The second-order valence-electron chi connectivity index (χ2n) is 4.15. The van der Waals surface area contributed by atoms with E-state index in [4.69, 9.17) is 0 Å². The number of hydrogen-bond acceptors (Lipinski definition) is 3. The summed E-state index contributed by atoms with van der Waals surface area (Å²) in [6.45, 7) is 4.73. The van der Waals surface area contributed by atoms with Crippen LogP contribution in [0.4, 0.5) is 5.69 Å². The monoisotopic (exact) mass is 219 g/mol. The summed E-state index contributed by atoms with van der Waals surface area (Å²) in [5.74, 6) is -0.0223. The lowest BCUT2D eigenvalue weighted by molar-refractivity contribution is 0.0951.